The van der Waals surface area contributed by atoms with Gasteiger partial charge in [0, 0.05) is 5.39 Å². The predicted molar refractivity (Wildman–Crippen MR) is 41.6 cm³/mol. The van der Waals surface area contributed by atoms with E-state index in [0.29, 0.717) is 17.3 Å². The van der Waals surface area contributed by atoms with Crippen LogP contribution in [0.3, 0.4) is 0 Å². The van der Waals surface area contributed by atoms with Crippen LogP contribution in [-0.4, -0.2) is 6.29 Å². The first-order valence-electron chi connectivity index (χ1n) is 3.43. The van der Waals surface area contributed by atoms with Crippen molar-refractivity contribution in [3.05, 3.63) is 35.8 Å². The number of benzene rings is 1. The lowest BCUT2D eigenvalue weighted by atomic mass is 10.2. The highest BCUT2D eigenvalue weighted by Gasteiger charge is 2.05. The molecule has 0 unspecified atom stereocenters. The number of carbonyl (C=O) groups is 1. The van der Waals surface area contributed by atoms with Gasteiger partial charge in [-0.15, -0.1) is 0 Å². The van der Waals surface area contributed by atoms with Crippen LogP contribution < -0.4 is 0 Å². The molecule has 0 atom stereocenters. The number of rotatable bonds is 1. The van der Waals surface area contributed by atoms with Crippen LogP contribution in [0.1, 0.15) is 10.4 Å². The Balaban J connectivity index is 2.88. The second-order valence-electron chi connectivity index (χ2n) is 2.45. The highest BCUT2D eigenvalue weighted by molar-refractivity contribution is 5.94. The quantitative estimate of drug-likeness (QED) is 0.605. The van der Waals surface area contributed by atoms with E-state index in [1.807, 2.05) is 0 Å². The fourth-order valence-electron chi connectivity index (χ4n) is 1.16. The molecular formula is C9H5FO2. The maximum Gasteiger partial charge on any atom is 0.153 e. The third kappa shape index (κ3) is 0.906. The minimum absolute atomic E-state index is 0.245. The van der Waals surface area contributed by atoms with E-state index in [-0.39, 0.29) is 5.56 Å². The highest BCUT2D eigenvalue weighted by atomic mass is 19.1. The lowest BCUT2D eigenvalue weighted by Gasteiger charge is -1.92. The molecule has 0 amide bonds. The number of halogens is 1. The van der Waals surface area contributed by atoms with Crippen molar-refractivity contribution in [1.29, 1.82) is 0 Å². The summed E-state index contributed by atoms with van der Waals surface area (Å²) in [5.41, 5.74) is 0.682. The van der Waals surface area contributed by atoms with E-state index in [0.717, 1.165) is 6.07 Å². The summed E-state index contributed by atoms with van der Waals surface area (Å²) >= 11 is 0. The van der Waals surface area contributed by atoms with E-state index in [2.05, 4.69) is 0 Å². The van der Waals surface area contributed by atoms with Crippen LogP contribution in [0.15, 0.2) is 28.9 Å². The first-order chi connectivity index (χ1) is 5.81. The Morgan fingerprint density at radius 2 is 2.25 bits per heavy atom. The third-order valence-corrected chi connectivity index (χ3v) is 1.67. The Morgan fingerprint density at radius 1 is 1.42 bits per heavy atom. The zero-order valence-electron chi connectivity index (χ0n) is 6.08. The van der Waals surface area contributed by atoms with E-state index in [1.165, 1.54) is 12.3 Å². The van der Waals surface area contributed by atoms with Gasteiger partial charge in [0.05, 0.1) is 11.8 Å². The molecule has 0 aliphatic rings. The van der Waals surface area contributed by atoms with Gasteiger partial charge >= 0.3 is 0 Å². The molecule has 0 aliphatic heterocycles. The van der Waals surface area contributed by atoms with Gasteiger partial charge in [0.1, 0.15) is 11.4 Å². The maximum absolute atomic E-state index is 12.8. The Labute approximate surface area is 67.6 Å². The SMILES string of the molecule is O=Cc1cc(F)cc2ccoc12. The van der Waals surface area contributed by atoms with Gasteiger partial charge in [0.25, 0.3) is 0 Å². The van der Waals surface area contributed by atoms with Gasteiger partial charge in [-0.25, -0.2) is 4.39 Å². The van der Waals surface area contributed by atoms with Gasteiger partial charge in [-0.3, -0.25) is 4.79 Å². The Hall–Kier alpha value is -1.64. The summed E-state index contributed by atoms with van der Waals surface area (Å²) in [6, 6.07) is 4.09. The summed E-state index contributed by atoms with van der Waals surface area (Å²) in [6.07, 6.45) is 2.01. The Morgan fingerprint density at radius 3 is 3.00 bits per heavy atom. The molecule has 0 aliphatic carbocycles. The minimum atomic E-state index is -0.425. The molecule has 2 nitrogen and oxygen atoms in total. The molecule has 0 saturated heterocycles. The second-order valence-corrected chi connectivity index (χ2v) is 2.45. The molecule has 2 rings (SSSR count). The fraction of sp³-hybridized carbons (Fsp3) is 0. The van der Waals surface area contributed by atoms with E-state index >= 15 is 0 Å². The number of hydrogen-bond donors (Lipinski definition) is 0. The zero-order valence-corrected chi connectivity index (χ0v) is 6.08. The summed E-state index contributed by atoms with van der Waals surface area (Å²) in [5.74, 6) is -0.425. The van der Waals surface area contributed by atoms with E-state index in [1.54, 1.807) is 6.07 Å². The predicted octanol–water partition coefficient (Wildman–Crippen LogP) is 2.38. The smallest absolute Gasteiger partial charge is 0.153 e. The molecule has 0 fully saturated rings. The van der Waals surface area contributed by atoms with Gasteiger partial charge in [-0.05, 0) is 18.2 Å². The van der Waals surface area contributed by atoms with Crippen molar-refractivity contribution in [3.63, 3.8) is 0 Å². The Bertz CT molecular complexity index is 431. The average Bonchev–Trinajstić information content (AvgIpc) is 2.50. The topological polar surface area (TPSA) is 30.2 Å². The van der Waals surface area contributed by atoms with Crippen LogP contribution >= 0.6 is 0 Å². The van der Waals surface area contributed by atoms with Crippen molar-refractivity contribution in [2.45, 2.75) is 0 Å². The van der Waals surface area contributed by atoms with Crippen LogP contribution in [0.25, 0.3) is 11.0 Å². The van der Waals surface area contributed by atoms with Crippen molar-refractivity contribution < 1.29 is 13.6 Å². The molecule has 12 heavy (non-hydrogen) atoms. The van der Waals surface area contributed by atoms with Gasteiger partial charge in [-0.1, -0.05) is 0 Å². The lowest BCUT2D eigenvalue weighted by molar-refractivity contribution is 0.112. The molecule has 0 radical (unpaired) electrons. The summed E-state index contributed by atoms with van der Waals surface area (Å²) in [6.45, 7) is 0. The lowest BCUT2D eigenvalue weighted by Crippen LogP contribution is -1.82. The maximum atomic E-state index is 12.8. The molecule has 0 spiro atoms. The largest absolute Gasteiger partial charge is 0.464 e. The molecule has 0 saturated carbocycles. The van der Waals surface area contributed by atoms with Crippen molar-refractivity contribution >= 4 is 17.3 Å². The molecular weight excluding hydrogens is 159 g/mol. The molecule has 1 aromatic carbocycles. The molecule has 2 aromatic rings. The normalized spacial score (nSPS) is 10.4. The monoisotopic (exact) mass is 164 g/mol. The molecule has 1 heterocycles. The second kappa shape index (κ2) is 2.44. The number of hydrogen-bond acceptors (Lipinski definition) is 2. The van der Waals surface area contributed by atoms with Crippen molar-refractivity contribution in [2.75, 3.05) is 0 Å². The number of aldehydes is 1. The van der Waals surface area contributed by atoms with Crippen molar-refractivity contribution in [2.24, 2.45) is 0 Å². The van der Waals surface area contributed by atoms with Crippen LogP contribution in [0, 0.1) is 5.82 Å². The number of fused-ring (bicyclic) bond motifs is 1. The third-order valence-electron chi connectivity index (χ3n) is 1.67. The summed E-state index contributed by atoms with van der Waals surface area (Å²) < 4.78 is 17.8. The Kier molecular flexibility index (Phi) is 1.43. The van der Waals surface area contributed by atoms with E-state index in [4.69, 9.17) is 4.42 Å². The highest BCUT2D eigenvalue weighted by Crippen LogP contribution is 2.20. The molecule has 0 N–H and O–H groups in total. The van der Waals surface area contributed by atoms with Gasteiger partial charge in [0.2, 0.25) is 0 Å². The number of furan rings is 1. The first kappa shape index (κ1) is 7.03. The number of carbonyl (C=O) groups excluding carboxylic acids is 1. The van der Waals surface area contributed by atoms with E-state index < -0.39 is 5.82 Å². The van der Waals surface area contributed by atoms with Crippen LogP contribution in [0.4, 0.5) is 4.39 Å². The van der Waals surface area contributed by atoms with Gasteiger partial charge < -0.3 is 4.42 Å². The molecule has 1 aromatic heterocycles. The molecule has 0 bridgehead atoms. The minimum Gasteiger partial charge on any atom is -0.464 e. The van der Waals surface area contributed by atoms with Crippen LogP contribution in [-0.2, 0) is 0 Å². The standard InChI is InChI=1S/C9H5FO2/c10-8-3-6-1-2-12-9(6)7(4-8)5-11/h1-5H. The first-order valence-corrected chi connectivity index (χ1v) is 3.43. The van der Waals surface area contributed by atoms with Crippen molar-refractivity contribution in [1.82, 2.24) is 0 Å². The van der Waals surface area contributed by atoms with Gasteiger partial charge in [0.15, 0.2) is 6.29 Å². The summed E-state index contributed by atoms with van der Waals surface area (Å²) in [4.78, 5) is 10.4. The molecule has 3 heteroatoms. The summed E-state index contributed by atoms with van der Waals surface area (Å²) in [7, 11) is 0. The summed E-state index contributed by atoms with van der Waals surface area (Å²) in [5, 5.41) is 0.608. The van der Waals surface area contributed by atoms with Gasteiger partial charge in [-0.2, -0.15) is 0 Å². The van der Waals surface area contributed by atoms with E-state index in [9.17, 15) is 9.18 Å². The van der Waals surface area contributed by atoms with Crippen molar-refractivity contribution in [3.8, 4) is 0 Å². The zero-order chi connectivity index (χ0) is 8.55. The fourth-order valence-corrected chi connectivity index (χ4v) is 1.16. The van der Waals surface area contributed by atoms with Crippen LogP contribution in [0.2, 0.25) is 0 Å². The molecule has 60 valence electrons. The van der Waals surface area contributed by atoms with Crippen LogP contribution in [0.5, 0.6) is 0 Å². The average molecular weight is 164 g/mol.